The van der Waals surface area contributed by atoms with Gasteiger partial charge in [-0.1, -0.05) is 36.7 Å². The lowest BCUT2D eigenvalue weighted by Crippen LogP contribution is -1.98. The highest BCUT2D eigenvalue weighted by Crippen LogP contribution is 2.26. The van der Waals surface area contributed by atoms with E-state index in [0.29, 0.717) is 22.9 Å². The molecular formula is C16H15ClO2. The highest BCUT2D eigenvalue weighted by atomic mass is 35.5. The minimum atomic E-state index is 0.570. The Morgan fingerprint density at radius 2 is 1.79 bits per heavy atom. The van der Waals surface area contributed by atoms with Gasteiger partial charge in [0.1, 0.15) is 5.75 Å². The Balaban J connectivity index is 2.33. The van der Waals surface area contributed by atoms with E-state index in [4.69, 9.17) is 16.3 Å². The van der Waals surface area contributed by atoms with Crippen molar-refractivity contribution in [1.82, 2.24) is 0 Å². The number of ether oxygens (including phenoxy) is 1. The summed E-state index contributed by atoms with van der Waals surface area (Å²) in [5.74, 6) is 0.634. The molecule has 2 nitrogen and oxygen atoms in total. The van der Waals surface area contributed by atoms with Gasteiger partial charge in [-0.15, -0.1) is 0 Å². The molecule has 98 valence electrons. The van der Waals surface area contributed by atoms with Gasteiger partial charge in [-0.05, 0) is 41.8 Å². The molecular weight excluding hydrogens is 260 g/mol. The van der Waals surface area contributed by atoms with Crippen molar-refractivity contribution in [2.75, 3.05) is 6.61 Å². The first kappa shape index (κ1) is 13.6. The van der Waals surface area contributed by atoms with Crippen LogP contribution in [0.15, 0.2) is 42.5 Å². The predicted octanol–water partition coefficient (Wildman–Crippen LogP) is 4.61. The van der Waals surface area contributed by atoms with Crippen LogP contribution in [0.25, 0.3) is 11.1 Å². The van der Waals surface area contributed by atoms with E-state index in [1.807, 2.05) is 49.4 Å². The van der Waals surface area contributed by atoms with Crippen LogP contribution in [-0.4, -0.2) is 12.9 Å². The topological polar surface area (TPSA) is 26.3 Å². The summed E-state index contributed by atoms with van der Waals surface area (Å²) in [5.41, 5.74) is 2.57. The van der Waals surface area contributed by atoms with Gasteiger partial charge in [0.15, 0.2) is 6.29 Å². The summed E-state index contributed by atoms with van der Waals surface area (Å²) in [7, 11) is 0. The van der Waals surface area contributed by atoms with Gasteiger partial charge in [-0.25, -0.2) is 0 Å². The van der Waals surface area contributed by atoms with E-state index < -0.39 is 0 Å². The first-order valence-corrected chi connectivity index (χ1v) is 6.60. The lowest BCUT2D eigenvalue weighted by Gasteiger charge is -2.09. The molecule has 0 radical (unpaired) electrons. The molecule has 0 saturated heterocycles. The average molecular weight is 275 g/mol. The van der Waals surface area contributed by atoms with E-state index in [9.17, 15) is 4.79 Å². The van der Waals surface area contributed by atoms with Crippen LogP contribution in [0.1, 0.15) is 23.7 Å². The summed E-state index contributed by atoms with van der Waals surface area (Å²) < 4.78 is 5.53. The molecule has 2 aromatic carbocycles. The fourth-order valence-corrected chi connectivity index (χ4v) is 1.93. The molecule has 2 aromatic rings. The van der Waals surface area contributed by atoms with Crippen molar-refractivity contribution in [3.8, 4) is 16.9 Å². The fraction of sp³-hybridized carbons (Fsp3) is 0.188. The van der Waals surface area contributed by atoms with Gasteiger partial charge >= 0.3 is 0 Å². The predicted molar refractivity (Wildman–Crippen MR) is 78.1 cm³/mol. The molecule has 19 heavy (non-hydrogen) atoms. The van der Waals surface area contributed by atoms with Crippen molar-refractivity contribution in [2.45, 2.75) is 13.3 Å². The summed E-state index contributed by atoms with van der Waals surface area (Å²) in [6.45, 7) is 2.64. The standard InChI is InChI=1S/C16H15ClO2/c1-2-9-19-16-8-5-13(10-14(16)11-18)12-3-6-15(17)7-4-12/h3-8,10-11H,2,9H2,1H3. The molecule has 0 aliphatic heterocycles. The second-order valence-corrected chi connectivity index (χ2v) is 4.66. The Kier molecular flexibility index (Phi) is 4.58. The van der Waals surface area contributed by atoms with Crippen LogP contribution in [0, 0.1) is 0 Å². The molecule has 0 amide bonds. The molecule has 0 aromatic heterocycles. The second kappa shape index (κ2) is 6.39. The van der Waals surface area contributed by atoms with Crippen LogP contribution in [0.2, 0.25) is 5.02 Å². The van der Waals surface area contributed by atoms with Gasteiger partial charge in [-0.3, -0.25) is 4.79 Å². The number of halogens is 1. The zero-order valence-corrected chi connectivity index (χ0v) is 11.5. The normalized spacial score (nSPS) is 10.2. The summed E-state index contributed by atoms with van der Waals surface area (Å²) in [6.07, 6.45) is 1.74. The first-order chi connectivity index (χ1) is 9.24. The van der Waals surface area contributed by atoms with Crippen LogP contribution < -0.4 is 4.74 Å². The minimum Gasteiger partial charge on any atom is -0.493 e. The molecule has 0 unspecified atom stereocenters. The lowest BCUT2D eigenvalue weighted by atomic mass is 10.0. The maximum Gasteiger partial charge on any atom is 0.153 e. The summed E-state index contributed by atoms with van der Waals surface area (Å²) in [4.78, 5) is 11.1. The second-order valence-electron chi connectivity index (χ2n) is 4.23. The highest BCUT2D eigenvalue weighted by Gasteiger charge is 2.06. The largest absolute Gasteiger partial charge is 0.493 e. The smallest absolute Gasteiger partial charge is 0.153 e. The molecule has 0 fully saturated rings. The van der Waals surface area contributed by atoms with Crippen molar-refractivity contribution in [3.05, 3.63) is 53.1 Å². The number of hydrogen-bond acceptors (Lipinski definition) is 2. The lowest BCUT2D eigenvalue weighted by molar-refractivity contribution is 0.111. The Bertz CT molecular complexity index is 561. The maximum absolute atomic E-state index is 11.1. The van der Waals surface area contributed by atoms with E-state index in [2.05, 4.69) is 0 Å². The first-order valence-electron chi connectivity index (χ1n) is 6.22. The fourth-order valence-electron chi connectivity index (χ4n) is 1.81. The number of carbonyl (C=O) groups excluding carboxylic acids is 1. The van der Waals surface area contributed by atoms with E-state index in [0.717, 1.165) is 23.8 Å². The molecule has 0 heterocycles. The number of aldehydes is 1. The van der Waals surface area contributed by atoms with Crippen molar-refractivity contribution in [2.24, 2.45) is 0 Å². The Morgan fingerprint density at radius 3 is 2.42 bits per heavy atom. The molecule has 0 spiro atoms. The van der Waals surface area contributed by atoms with E-state index >= 15 is 0 Å². The molecule has 3 heteroatoms. The van der Waals surface area contributed by atoms with Crippen LogP contribution in [0.5, 0.6) is 5.75 Å². The summed E-state index contributed by atoms with van der Waals surface area (Å²) >= 11 is 5.86. The van der Waals surface area contributed by atoms with Gasteiger partial charge in [0.25, 0.3) is 0 Å². The highest BCUT2D eigenvalue weighted by molar-refractivity contribution is 6.30. The number of rotatable bonds is 5. The zero-order chi connectivity index (χ0) is 13.7. The van der Waals surface area contributed by atoms with Crippen molar-refractivity contribution in [3.63, 3.8) is 0 Å². The third kappa shape index (κ3) is 3.36. The van der Waals surface area contributed by atoms with Crippen LogP contribution in [-0.2, 0) is 0 Å². The molecule has 0 N–H and O–H groups in total. The molecule has 0 atom stereocenters. The molecule has 0 bridgehead atoms. The quantitative estimate of drug-likeness (QED) is 0.744. The van der Waals surface area contributed by atoms with E-state index in [-0.39, 0.29) is 0 Å². The SMILES string of the molecule is CCCOc1ccc(-c2ccc(Cl)cc2)cc1C=O. The van der Waals surface area contributed by atoms with Crippen LogP contribution in [0.3, 0.4) is 0 Å². The minimum absolute atomic E-state index is 0.570. The Labute approximate surface area is 118 Å². The van der Waals surface area contributed by atoms with Crippen LogP contribution >= 0.6 is 11.6 Å². The van der Waals surface area contributed by atoms with Gasteiger partial charge < -0.3 is 4.74 Å². The maximum atomic E-state index is 11.1. The van der Waals surface area contributed by atoms with Gasteiger partial charge in [-0.2, -0.15) is 0 Å². The van der Waals surface area contributed by atoms with Crippen molar-refractivity contribution in [1.29, 1.82) is 0 Å². The van der Waals surface area contributed by atoms with Crippen molar-refractivity contribution >= 4 is 17.9 Å². The monoisotopic (exact) mass is 274 g/mol. The van der Waals surface area contributed by atoms with E-state index in [1.54, 1.807) is 0 Å². The summed E-state index contributed by atoms with van der Waals surface area (Å²) in [6, 6.07) is 13.1. The molecule has 0 aliphatic carbocycles. The Morgan fingerprint density at radius 1 is 1.11 bits per heavy atom. The van der Waals surface area contributed by atoms with Gasteiger partial charge in [0, 0.05) is 5.02 Å². The van der Waals surface area contributed by atoms with Gasteiger partial charge in [0.05, 0.1) is 12.2 Å². The number of hydrogen-bond donors (Lipinski definition) is 0. The molecule has 2 rings (SSSR count). The third-order valence-electron chi connectivity index (χ3n) is 2.78. The van der Waals surface area contributed by atoms with Crippen molar-refractivity contribution < 1.29 is 9.53 Å². The third-order valence-corrected chi connectivity index (χ3v) is 3.03. The number of benzene rings is 2. The van der Waals surface area contributed by atoms with Gasteiger partial charge in [0.2, 0.25) is 0 Å². The zero-order valence-electron chi connectivity index (χ0n) is 10.7. The molecule has 0 aliphatic rings. The molecule has 0 saturated carbocycles. The van der Waals surface area contributed by atoms with E-state index in [1.165, 1.54) is 0 Å². The number of carbonyl (C=O) groups is 1. The van der Waals surface area contributed by atoms with Crippen LogP contribution in [0.4, 0.5) is 0 Å². The average Bonchev–Trinajstić information content (AvgIpc) is 2.46. The Hall–Kier alpha value is -1.80. The summed E-state index contributed by atoms with van der Waals surface area (Å²) in [5, 5.41) is 0.697.